The molecule has 152 valence electrons. The second-order valence-corrected chi connectivity index (χ2v) is 9.02. The van der Waals surface area contributed by atoms with Gasteiger partial charge in [-0.1, -0.05) is 18.2 Å². The van der Waals surface area contributed by atoms with E-state index in [4.69, 9.17) is 16.3 Å². The Balaban J connectivity index is 1.78. The number of rotatable bonds is 1. The summed E-state index contributed by atoms with van der Waals surface area (Å²) in [4.78, 5) is 24.9. The third-order valence-electron chi connectivity index (χ3n) is 4.58. The molecule has 1 atom stereocenters. The van der Waals surface area contributed by atoms with Crippen LogP contribution in [0.25, 0.3) is 0 Å². The van der Waals surface area contributed by atoms with Crippen molar-refractivity contribution < 1.29 is 13.9 Å². The van der Waals surface area contributed by atoms with E-state index in [0.29, 0.717) is 55.0 Å². The molecule has 6 nitrogen and oxygen atoms in total. The summed E-state index contributed by atoms with van der Waals surface area (Å²) in [6.45, 7) is 11.4. The number of carbonyl (C=O) groups excluding carboxylic acids is 1. The first-order valence-corrected chi connectivity index (χ1v) is 10.2. The van der Waals surface area contributed by atoms with E-state index in [1.54, 1.807) is 4.90 Å². The van der Waals surface area contributed by atoms with Crippen molar-refractivity contribution in [2.45, 2.75) is 32.8 Å². The minimum Gasteiger partial charge on any atom is -0.444 e. The number of amidine groups is 2. The van der Waals surface area contributed by atoms with Gasteiger partial charge in [-0.05, 0) is 49.2 Å². The number of fused-ring (bicyclic) bond motifs is 1. The molecule has 0 saturated carbocycles. The summed E-state index contributed by atoms with van der Waals surface area (Å²) in [5.41, 5.74) is -0.224. The normalized spacial score (nSPS) is 23.3. The molecule has 0 spiro atoms. The zero-order valence-electron chi connectivity index (χ0n) is 16.1. The molecule has 1 amide bonds. The Morgan fingerprint density at radius 1 is 1.32 bits per heavy atom. The Kier molecular flexibility index (Phi) is 6.00. The zero-order valence-corrected chi connectivity index (χ0v) is 18.5. The van der Waals surface area contributed by atoms with E-state index in [1.807, 2.05) is 20.8 Å². The first kappa shape index (κ1) is 21.0. The van der Waals surface area contributed by atoms with E-state index < -0.39 is 11.4 Å². The molecule has 0 N–H and O–H groups in total. The highest BCUT2D eigenvalue weighted by molar-refractivity contribution is 9.12. The van der Waals surface area contributed by atoms with Crippen molar-refractivity contribution in [1.82, 2.24) is 9.80 Å². The number of halogens is 3. The van der Waals surface area contributed by atoms with Gasteiger partial charge in [0.25, 0.3) is 0 Å². The van der Waals surface area contributed by atoms with Gasteiger partial charge in [0.05, 0.1) is 16.1 Å². The minimum absolute atomic E-state index is 0.239. The maximum atomic E-state index is 14.7. The van der Waals surface area contributed by atoms with Gasteiger partial charge in [-0.15, -0.1) is 0 Å². The molecular weight excluding hydrogens is 451 g/mol. The van der Waals surface area contributed by atoms with Crippen molar-refractivity contribution in [2.24, 2.45) is 15.9 Å². The monoisotopic (exact) mass is 472 g/mol. The van der Waals surface area contributed by atoms with Crippen molar-refractivity contribution in [3.63, 3.8) is 0 Å². The maximum absolute atomic E-state index is 14.7. The van der Waals surface area contributed by atoms with Crippen LogP contribution in [-0.4, -0.2) is 59.3 Å². The zero-order chi connectivity index (χ0) is 20.6. The number of allylic oxidation sites excluding steroid dienone is 3. The van der Waals surface area contributed by atoms with Crippen molar-refractivity contribution in [2.75, 3.05) is 26.2 Å². The lowest BCUT2D eigenvalue weighted by Gasteiger charge is -2.40. The number of carbonyl (C=O) groups is 1. The molecule has 3 rings (SSSR count). The van der Waals surface area contributed by atoms with E-state index >= 15 is 0 Å². The third-order valence-corrected chi connectivity index (χ3v) is 5.98. The first-order valence-electron chi connectivity index (χ1n) is 9.07. The van der Waals surface area contributed by atoms with Gasteiger partial charge in [-0.2, -0.15) is 0 Å². The molecule has 1 unspecified atom stereocenters. The summed E-state index contributed by atoms with van der Waals surface area (Å²) in [6.07, 6.45) is 1.59. The molecule has 0 bridgehead atoms. The second kappa shape index (κ2) is 7.99. The van der Waals surface area contributed by atoms with Gasteiger partial charge in [-0.3, -0.25) is 0 Å². The average Bonchev–Trinajstić information content (AvgIpc) is 2.64. The fourth-order valence-corrected chi connectivity index (χ4v) is 3.86. The van der Waals surface area contributed by atoms with Crippen molar-refractivity contribution >= 4 is 45.3 Å². The average molecular weight is 474 g/mol. The van der Waals surface area contributed by atoms with Crippen LogP contribution in [0, 0.1) is 5.92 Å². The van der Waals surface area contributed by atoms with Crippen molar-refractivity contribution in [1.29, 1.82) is 0 Å². The minimum atomic E-state index is -0.535. The van der Waals surface area contributed by atoms with Crippen molar-refractivity contribution in [3.8, 4) is 0 Å². The smallest absolute Gasteiger partial charge is 0.410 e. The van der Waals surface area contributed by atoms with Crippen LogP contribution in [0.1, 0.15) is 27.2 Å². The molecule has 1 fully saturated rings. The van der Waals surface area contributed by atoms with Crippen molar-refractivity contribution in [3.05, 3.63) is 33.7 Å². The van der Waals surface area contributed by atoms with Gasteiger partial charge in [0, 0.05) is 31.2 Å². The Labute approximate surface area is 177 Å². The number of hydrogen-bond donors (Lipinski definition) is 0. The van der Waals surface area contributed by atoms with Gasteiger partial charge in [0.2, 0.25) is 0 Å². The van der Waals surface area contributed by atoms with Crippen LogP contribution in [0.4, 0.5) is 9.18 Å². The molecule has 28 heavy (non-hydrogen) atoms. The van der Waals surface area contributed by atoms with Crippen LogP contribution in [-0.2, 0) is 4.74 Å². The summed E-state index contributed by atoms with van der Waals surface area (Å²) in [6, 6.07) is 0. The molecule has 2 heterocycles. The summed E-state index contributed by atoms with van der Waals surface area (Å²) >= 11 is 9.42. The van der Waals surface area contributed by atoms with E-state index in [2.05, 4.69) is 37.4 Å². The lowest BCUT2D eigenvalue weighted by molar-refractivity contribution is 0.0185. The number of piperazine rings is 1. The molecule has 0 radical (unpaired) electrons. The summed E-state index contributed by atoms with van der Waals surface area (Å²) < 4.78 is 20.4. The Morgan fingerprint density at radius 2 is 1.96 bits per heavy atom. The highest BCUT2D eigenvalue weighted by atomic mass is 79.9. The topological polar surface area (TPSA) is 57.5 Å². The summed E-state index contributed by atoms with van der Waals surface area (Å²) in [7, 11) is 0. The van der Waals surface area contributed by atoms with E-state index in [0.717, 1.165) is 0 Å². The van der Waals surface area contributed by atoms with Crippen LogP contribution in [0.2, 0.25) is 0 Å². The molecule has 1 aliphatic carbocycles. The molecule has 9 heteroatoms. The SMILES string of the molecule is C=CC1=NC2=C(F)C(Br)=C(Cl)CC2C(N2CCN(C(=O)OC(C)(C)C)CC2)=N1. The van der Waals surface area contributed by atoms with Crippen LogP contribution >= 0.6 is 27.5 Å². The van der Waals surface area contributed by atoms with E-state index in [1.165, 1.54) is 6.08 Å². The van der Waals surface area contributed by atoms with Gasteiger partial charge < -0.3 is 14.5 Å². The second-order valence-electron chi connectivity index (χ2n) is 7.77. The van der Waals surface area contributed by atoms with Gasteiger partial charge in [0.1, 0.15) is 11.4 Å². The summed E-state index contributed by atoms with van der Waals surface area (Å²) in [5.74, 6) is 0.243. The third kappa shape index (κ3) is 4.33. The van der Waals surface area contributed by atoms with Crippen LogP contribution in [0.5, 0.6) is 0 Å². The maximum Gasteiger partial charge on any atom is 0.410 e. The molecule has 1 saturated heterocycles. The molecule has 2 aliphatic heterocycles. The molecule has 3 aliphatic rings. The fraction of sp³-hybridized carbons (Fsp3) is 0.526. The predicted molar refractivity (Wildman–Crippen MR) is 112 cm³/mol. The quantitative estimate of drug-likeness (QED) is 0.560. The van der Waals surface area contributed by atoms with Crippen LogP contribution in [0.15, 0.2) is 43.7 Å². The number of ether oxygens (including phenoxy) is 1. The van der Waals surface area contributed by atoms with Crippen LogP contribution < -0.4 is 0 Å². The van der Waals surface area contributed by atoms with Gasteiger partial charge in [0.15, 0.2) is 11.7 Å². The predicted octanol–water partition coefficient (Wildman–Crippen LogP) is 4.58. The van der Waals surface area contributed by atoms with Crippen LogP contribution in [0.3, 0.4) is 0 Å². The van der Waals surface area contributed by atoms with Gasteiger partial charge >= 0.3 is 6.09 Å². The van der Waals surface area contributed by atoms with E-state index in [9.17, 15) is 9.18 Å². The molecular formula is C19H23BrClFN4O2. The number of nitrogens with zero attached hydrogens (tertiary/aromatic N) is 4. The lowest BCUT2D eigenvalue weighted by Crippen LogP contribution is -2.53. The lowest BCUT2D eigenvalue weighted by atomic mass is 9.92. The Hall–Kier alpha value is -1.67. The standard InChI is InChI=1S/C19H23BrClFN4O2/c1-5-13-23-16-11(10-12(21)14(20)15(16)22)17(24-13)25-6-8-26(9-7-25)18(27)28-19(2,3)4/h5,11H,1,6-10H2,2-4H3. The Bertz CT molecular complexity index is 820. The highest BCUT2D eigenvalue weighted by Crippen LogP contribution is 2.43. The largest absolute Gasteiger partial charge is 0.444 e. The molecule has 0 aromatic rings. The fourth-order valence-electron chi connectivity index (χ4n) is 3.26. The highest BCUT2D eigenvalue weighted by Gasteiger charge is 2.38. The van der Waals surface area contributed by atoms with Gasteiger partial charge in [-0.25, -0.2) is 19.2 Å². The number of aliphatic imine (C=N–C) groups is 2. The first-order chi connectivity index (χ1) is 13.1. The Morgan fingerprint density at radius 3 is 2.54 bits per heavy atom. The molecule has 0 aromatic heterocycles. The molecule has 0 aromatic carbocycles. The summed E-state index contributed by atoms with van der Waals surface area (Å²) in [5, 5.41) is 0.406. The number of hydrogen-bond acceptors (Lipinski definition) is 5. The number of amides is 1. The van der Waals surface area contributed by atoms with E-state index in [-0.39, 0.29) is 16.5 Å².